The summed E-state index contributed by atoms with van der Waals surface area (Å²) in [5, 5.41) is 24.7. The lowest BCUT2D eigenvalue weighted by atomic mass is 10.0. The van der Waals surface area contributed by atoms with Crippen LogP contribution in [0, 0.1) is 0 Å². The van der Waals surface area contributed by atoms with Crippen molar-refractivity contribution in [2.75, 3.05) is 5.32 Å². The highest BCUT2D eigenvalue weighted by atomic mass is 16.4. The van der Waals surface area contributed by atoms with Crippen molar-refractivity contribution in [1.82, 2.24) is 10.3 Å². The molecule has 0 radical (unpaired) electrons. The quantitative estimate of drug-likeness (QED) is 0.265. The van der Waals surface area contributed by atoms with Crippen molar-refractivity contribution in [2.45, 2.75) is 12.5 Å². The maximum atomic E-state index is 13.0. The van der Waals surface area contributed by atoms with Gasteiger partial charge in [-0.05, 0) is 42.0 Å². The van der Waals surface area contributed by atoms with Crippen LogP contribution in [0.5, 0.6) is 0 Å². The Hall–Kier alpha value is -4.92. The minimum Gasteiger partial charge on any atom is -0.480 e. The number of aromatic nitrogens is 1. The molecule has 1 heterocycles. The zero-order valence-corrected chi connectivity index (χ0v) is 18.3. The summed E-state index contributed by atoms with van der Waals surface area (Å²) in [7, 11) is 0. The van der Waals surface area contributed by atoms with Crippen LogP contribution in [0.2, 0.25) is 0 Å². The highest BCUT2D eigenvalue weighted by Crippen LogP contribution is 2.19. The molecule has 0 bridgehead atoms. The number of para-hydroxylation sites is 2. The van der Waals surface area contributed by atoms with Gasteiger partial charge >= 0.3 is 11.9 Å². The molecule has 0 fully saturated rings. The zero-order chi connectivity index (χ0) is 24.9. The Kier molecular flexibility index (Phi) is 6.59. The second-order valence-electron chi connectivity index (χ2n) is 7.84. The minimum atomic E-state index is -1.27. The summed E-state index contributed by atoms with van der Waals surface area (Å²) in [4.78, 5) is 51.6. The van der Waals surface area contributed by atoms with E-state index < -0.39 is 29.8 Å². The molecule has 5 N–H and O–H groups in total. The van der Waals surface area contributed by atoms with Crippen molar-refractivity contribution >= 4 is 40.3 Å². The van der Waals surface area contributed by atoms with Gasteiger partial charge in [0.25, 0.3) is 11.8 Å². The standard InChI is InChI=1S/C26H21N3O6/c30-23(29-22(26(34)35)13-15-9-11-16(12-10-15)25(32)33)18-6-2-4-8-20(18)28-24(31)21-14-17-5-1-3-7-19(17)27-21/h1-12,14,22,27H,13H2,(H,28,31)(H,29,30)(H,32,33)(H,34,35). The molecular formula is C26H21N3O6. The van der Waals surface area contributed by atoms with Gasteiger partial charge in [0.15, 0.2) is 0 Å². The van der Waals surface area contributed by atoms with E-state index in [9.17, 15) is 24.3 Å². The summed E-state index contributed by atoms with van der Waals surface area (Å²) in [5.41, 5.74) is 2.06. The predicted octanol–water partition coefficient (Wildman–Crippen LogP) is 3.54. The van der Waals surface area contributed by atoms with Crippen LogP contribution in [-0.4, -0.2) is 45.0 Å². The van der Waals surface area contributed by atoms with Crippen molar-refractivity contribution in [3.8, 4) is 0 Å². The van der Waals surface area contributed by atoms with Crippen LogP contribution in [0.4, 0.5) is 5.69 Å². The zero-order valence-electron chi connectivity index (χ0n) is 18.3. The first kappa shape index (κ1) is 23.2. The van der Waals surface area contributed by atoms with E-state index >= 15 is 0 Å². The number of H-pyrrole nitrogens is 1. The van der Waals surface area contributed by atoms with Crippen LogP contribution in [-0.2, 0) is 11.2 Å². The highest BCUT2D eigenvalue weighted by Gasteiger charge is 2.23. The smallest absolute Gasteiger partial charge is 0.335 e. The van der Waals surface area contributed by atoms with Crippen molar-refractivity contribution in [1.29, 1.82) is 0 Å². The Morgan fingerprint density at radius 1 is 0.829 bits per heavy atom. The highest BCUT2D eigenvalue weighted by molar-refractivity contribution is 6.10. The van der Waals surface area contributed by atoms with Crippen molar-refractivity contribution < 1.29 is 29.4 Å². The first-order valence-electron chi connectivity index (χ1n) is 10.7. The van der Waals surface area contributed by atoms with Crippen LogP contribution >= 0.6 is 0 Å². The van der Waals surface area contributed by atoms with Gasteiger partial charge in [0, 0.05) is 17.3 Å². The summed E-state index contributed by atoms with van der Waals surface area (Å²) in [6.45, 7) is 0. The van der Waals surface area contributed by atoms with E-state index in [2.05, 4.69) is 15.6 Å². The first-order valence-corrected chi connectivity index (χ1v) is 10.7. The fourth-order valence-corrected chi connectivity index (χ4v) is 3.63. The molecule has 0 spiro atoms. The molecule has 1 atom stereocenters. The van der Waals surface area contributed by atoms with Crippen molar-refractivity contribution in [3.05, 3.63) is 101 Å². The molecule has 35 heavy (non-hydrogen) atoms. The number of carbonyl (C=O) groups is 4. The number of fused-ring (bicyclic) bond motifs is 1. The number of hydrogen-bond acceptors (Lipinski definition) is 4. The first-order chi connectivity index (χ1) is 16.8. The molecule has 0 saturated heterocycles. The van der Waals surface area contributed by atoms with Gasteiger partial charge in [0.2, 0.25) is 0 Å². The summed E-state index contributed by atoms with van der Waals surface area (Å²) in [6, 6.07) is 19.9. The number of anilines is 1. The van der Waals surface area contributed by atoms with Crippen molar-refractivity contribution in [2.24, 2.45) is 0 Å². The Bertz CT molecular complexity index is 1390. The molecule has 0 aliphatic rings. The molecule has 0 saturated carbocycles. The number of carboxylic acids is 2. The van der Waals surface area contributed by atoms with Crippen LogP contribution in [0.15, 0.2) is 78.9 Å². The molecule has 0 aliphatic heterocycles. The maximum Gasteiger partial charge on any atom is 0.335 e. The molecule has 1 unspecified atom stereocenters. The Morgan fingerprint density at radius 2 is 1.51 bits per heavy atom. The normalized spacial score (nSPS) is 11.5. The average Bonchev–Trinajstić information content (AvgIpc) is 3.29. The van der Waals surface area contributed by atoms with E-state index in [1.807, 2.05) is 24.3 Å². The number of amides is 2. The molecular weight excluding hydrogens is 450 g/mol. The number of rotatable bonds is 8. The number of nitrogens with one attached hydrogen (secondary N) is 3. The molecule has 3 aromatic carbocycles. The topological polar surface area (TPSA) is 149 Å². The van der Waals surface area contributed by atoms with Gasteiger partial charge in [-0.1, -0.05) is 42.5 Å². The summed E-state index contributed by atoms with van der Waals surface area (Å²) in [5.74, 6) is -3.46. The third kappa shape index (κ3) is 5.36. The molecule has 4 aromatic rings. The average molecular weight is 471 g/mol. The molecule has 2 amide bonds. The van der Waals surface area contributed by atoms with Crippen LogP contribution in [0.25, 0.3) is 10.9 Å². The number of hydrogen-bond donors (Lipinski definition) is 5. The Balaban J connectivity index is 1.50. The molecule has 9 nitrogen and oxygen atoms in total. The SMILES string of the molecule is O=C(O)c1ccc(CC(NC(=O)c2ccccc2NC(=O)c2cc3ccccc3[nH]2)C(=O)O)cc1. The summed E-state index contributed by atoms with van der Waals surface area (Å²) >= 11 is 0. The van der Waals surface area contributed by atoms with Gasteiger partial charge in [-0.25, -0.2) is 9.59 Å². The van der Waals surface area contributed by atoms with E-state index in [0.29, 0.717) is 11.3 Å². The lowest BCUT2D eigenvalue weighted by Crippen LogP contribution is -2.42. The molecule has 1 aromatic heterocycles. The van der Waals surface area contributed by atoms with E-state index in [0.717, 1.165) is 10.9 Å². The third-order valence-electron chi connectivity index (χ3n) is 5.44. The molecule has 4 rings (SSSR count). The van der Waals surface area contributed by atoms with Gasteiger partial charge in [-0.15, -0.1) is 0 Å². The molecule has 0 aliphatic carbocycles. The second kappa shape index (κ2) is 9.92. The van der Waals surface area contributed by atoms with E-state index in [1.54, 1.807) is 24.3 Å². The lowest BCUT2D eigenvalue weighted by molar-refractivity contribution is -0.139. The van der Waals surface area contributed by atoms with E-state index in [4.69, 9.17) is 5.11 Å². The fraction of sp³-hybridized carbons (Fsp3) is 0.0769. The van der Waals surface area contributed by atoms with Gasteiger partial charge in [-0.3, -0.25) is 9.59 Å². The Morgan fingerprint density at radius 3 is 2.20 bits per heavy atom. The Labute approximate surface area is 199 Å². The van der Waals surface area contributed by atoms with E-state index in [-0.39, 0.29) is 23.2 Å². The van der Waals surface area contributed by atoms with Gasteiger partial charge in [0.05, 0.1) is 16.8 Å². The number of benzene rings is 3. The number of aromatic amines is 1. The predicted molar refractivity (Wildman–Crippen MR) is 129 cm³/mol. The second-order valence-corrected chi connectivity index (χ2v) is 7.84. The van der Waals surface area contributed by atoms with Crippen molar-refractivity contribution in [3.63, 3.8) is 0 Å². The number of carbonyl (C=O) groups excluding carboxylic acids is 2. The molecule has 176 valence electrons. The van der Waals surface area contributed by atoms with Gasteiger partial charge in [-0.2, -0.15) is 0 Å². The lowest BCUT2D eigenvalue weighted by Gasteiger charge is -2.16. The van der Waals surface area contributed by atoms with Crippen LogP contribution in [0.3, 0.4) is 0 Å². The van der Waals surface area contributed by atoms with Gasteiger partial charge < -0.3 is 25.8 Å². The molecule has 9 heteroatoms. The fourth-order valence-electron chi connectivity index (χ4n) is 3.63. The number of aliphatic carboxylic acids is 1. The minimum absolute atomic E-state index is 0.0510. The van der Waals surface area contributed by atoms with E-state index in [1.165, 1.54) is 30.3 Å². The maximum absolute atomic E-state index is 13.0. The van der Waals surface area contributed by atoms with Crippen LogP contribution < -0.4 is 10.6 Å². The monoisotopic (exact) mass is 471 g/mol. The summed E-state index contributed by atoms with van der Waals surface area (Å²) < 4.78 is 0. The van der Waals surface area contributed by atoms with Gasteiger partial charge in [0.1, 0.15) is 11.7 Å². The largest absolute Gasteiger partial charge is 0.480 e. The third-order valence-corrected chi connectivity index (χ3v) is 5.44. The van der Waals surface area contributed by atoms with Crippen LogP contribution in [0.1, 0.15) is 36.8 Å². The summed E-state index contributed by atoms with van der Waals surface area (Å²) in [6.07, 6.45) is -0.0510. The number of aromatic carboxylic acids is 1. The number of carboxylic acid groups (broad SMARTS) is 2.